The molecule has 5 atom stereocenters. The zero-order chi connectivity index (χ0) is 37.9. The molecule has 0 aliphatic carbocycles. The van der Waals surface area contributed by atoms with Crippen LogP contribution in [0.1, 0.15) is 49.9 Å². The van der Waals surface area contributed by atoms with Gasteiger partial charge in [-0.2, -0.15) is 0 Å². The van der Waals surface area contributed by atoms with Crippen LogP contribution in [0.3, 0.4) is 0 Å². The molecule has 8 rings (SSSR count). The van der Waals surface area contributed by atoms with Gasteiger partial charge in [0.1, 0.15) is 30.5 Å². The maximum atomic E-state index is 7.22. The van der Waals surface area contributed by atoms with E-state index >= 15 is 0 Å². The zero-order valence-electron chi connectivity index (χ0n) is 31.7. The van der Waals surface area contributed by atoms with Crippen molar-refractivity contribution in [2.24, 2.45) is 0 Å². The van der Waals surface area contributed by atoms with Crippen molar-refractivity contribution in [3.05, 3.63) is 214 Å². The molecule has 0 spiro atoms. The second kappa shape index (κ2) is 18.8. The number of fused-ring (bicyclic) bond motifs is 1. The smallest absolute Gasteiger partial charge is 0.117 e. The average Bonchev–Trinajstić information content (AvgIpc) is 3.57. The number of benzene rings is 6. The SMILES string of the molecule is Cc1c(Cc2cccc([C@@H]3O[C@H](COCc4ccccc4)[C@@H](OCc4ccccc4)[C@H](OCc4ccccc4)[C@H]3OCc3ccccc3)c2)sc2ccccc12. The summed E-state index contributed by atoms with van der Waals surface area (Å²) >= 11 is 1.87. The molecule has 5 nitrogen and oxygen atoms in total. The summed E-state index contributed by atoms with van der Waals surface area (Å²) in [7, 11) is 0. The summed E-state index contributed by atoms with van der Waals surface area (Å²) in [5.74, 6) is 0. The maximum Gasteiger partial charge on any atom is 0.117 e. The van der Waals surface area contributed by atoms with E-state index in [9.17, 15) is 0 Å². The van der Waals surface area contributed by atoms with Gasteiger partial charge in [-0.25, -0.2) is 0 Å². The van der Waals surface area contributed by atoms with Crippen LogP contribution < -0.4 is 0 Å². The van der Waals surface area contributed by atoms with Crippen molar-refractivity contribution in [1.29, 1.82) is 0 Å². The lowest BCUT2D eigenvalue weighted by Gasteiger charge is -2.46. The van der Waals surface area contributed by atoms with Crippen molar-refractivity contribution in [2.75, 3.05) is 6.61 Å². The van der Waals surface area contributed by atoms with Crippen LogP contribution in [0.25, 0.3) is 10.1 Å². The summed E-state index contributed by atoms with van der Waals surface area (Å²) in [6, 6.07) is 58.6. The molecule has 7 aromatic rings. The highest BCUT2D eigenvalue weighted by Gasteiger charge is 2.49. The molecule has 0 amide bonds. The van der Waals surface area contributed by atoms with E-state index in [-0.39, 0.29) is 0 Å². The highest BCUT2D eigenvalue weighted by atomic mass is 32.1. The van der Waals surface area contributed by atoms with Crippen LogP contribution >= 0.6 is 11.3 Å². The van der Waals surface area contributed by atoms with Crippen molar-refractivity contribution >= 4 is 21.4 Å². The van der Waals surface area contributed by atoms with Gasteiger partial charge in [0, 0.05) is 16.0 Å². The Kier molecular flexibility index (Phi) is 12.8. The Labute approximate surface area is 334 Å². The van der Waals surface area contributed by atoms with Gasteiger partial charge in [0.2, 0.25) is 0 Å². The van der Waals surface area contributed by atoms with Gasteiger partial charge in [-0.05, 0) is 57.3 Å². The van der Waals surface area contributed by atoms with Gasteiger partial charge in [0.25, 0.3) is 0 Å². The summed E-state index contributed by atoms with van der Waals surface area (Å²) in [5.41, 5.74) is 7.95. The molecular weight excluding hydrogens is 713 g/mol. The quantitative estimate of drug-likeness (QED) is 0.0981. The van der Waals surface area contributed by atoms with E-state index in [2.05, 4.69) is 104 Å². The van der Waals surface area contributed by atoms with Gasteiger partial charge >= 0.3 is 0 Å². The minimum absolute atomic E-state index is 0.322. The monoisotopic (exact) mass is 760 g/mol. The number of aryl methyl sites for hydroxylation is 1. The van der Waals surface area contributed by atoms with Crippen LogP contribution in [0.15, 0.2) is 170 Å². The van der Waals surface area contributed by atoms with Crippen LogP contribution in [-0.2, 0) is 56.5 Å². The van der Waals surface area contributed by atoms with Gasteiger partial charge in [0.15, 0.2) is 0 Å². The Bertz CT molecular complexity index is 2240. The summed E-state index contributed by atoms with van der Waals surface area (Å²) in [6.07, 6.45) is -1.53. The summed E-state index contributed by atoms with van der Waals surface area (Å²) in [6.45, 7) is 4.22. The second-order valence-corrected chi connectivity index (χ2v) is 15.6. The van der Waals surface area contributed by atoms with Gasteiger partial charge in [0.05, 0.1) is 33.0 Å². The normalized spacial score (nSPS) is 19.6. The lowest BCUT2D eigenvalue weighted by atomic mass is 9.89. The van der Waals surface area contributed by atoms with E-state index in [1.165, 1.54) is 26.1 Å². The third-order valence-electron chi connectivity index (χ3n) is 10.5. The largest absolute Gasteiger partial charge is 0.374 e. The fraction of sp³-hybridized carbons (Fsp3) is 0.240. The summed E-state index contributed by atoms with van der Waals surface area (Å²) in [5, 5.41) is 1.33. The molecule has 0 N–H and O–H groups in total. The highest BCUT2D eigenvalue weighted by molar-refractivity contribution is 7.19. The van der Waals surface area contributed by atoms with E-state index in [1.807, 2.05) is 84.1 Å². The summed E-state index contributed by atoms with van der Waals surface area (Å²) < 4.78 is 35.9. The first kappa shape index (κ1) is 38.0. The van der Waals surface area contributed by atoms with Gasteiger partial charge in [-0.3, -0.25) is 0 Å². The average molecular weight is 761 g/mol. The Balaban J connectivity index is 1.15. The van der Waals surface area contributed by atoms with Crippen LogP contribution in [-0.4, -0.2) is 31.0 Å². The minimum atomic E-state index is -0.494. The molecule has 6 aromatic carbocycles. The predicted octanol–water partition coefficient (Wildman–Crippen LogP) is 11.2. The van der Waals surface area contributed by atoms with Crippen molar-refractivity contribution in [3.63, 3.8) is 0 Å². The second-order valence-electron chi connectivity index (χ2n) is 14.4. The molecule has 1 fully saturated rings. The standard InChI is InChI=1S/C50H48O5S/c1-36-43-27-14-15-28-45(43)56-46(36)30-41-25-16-26-42(29-41)47-49(53-33-39-21-10-4-11-22-39)50(54-34-40-23-12-5-13-24-40)48(52-32-38-19-8-3-9-20-38)44(55-47)35-51-31-37-17-6-2-7-18-37/h2-29,44,47-50H,30-35H2,1H3/t44-,47+,48-,49+,50+/m1/s1. The Morgan fingerprint density at radius 2 is 1.00 bits per heavy atom. The van der Waals surface area contributed by atoms with E-state index in [1.54, 1.807) is 0 Å². The van der Waals surface area contributed by atoms with Crippen molar-refractivity contribution in [2.45, 2.75) is 70.3 Å². The third kappa shape index (κ3) is 9.54. The van der Waals surface area contributed by atoms with E-state index in [0.717, 1.165) is 34.2 Å². The predicted molar refractivity (Wildman–Crippen MR) is 225 cm³/mol. The molecule has 1 aliphatic rings. The molecule has 6 heteroatoms. The molecule has 1 aromatic heterocycles. The first-order chi connectivity index (χ1) is 27.7. The molecule has 1 aliphatic heterocycles. The van der Waals surface area contributed by atoms with E-state index in [4.69, 9.17) is 23.7 Å². The lowest BCUT2D eigenvalue weighted by Crippen LogP contribution is -2.58. The lowest BCUT2D eigenvalue weighted by molar-refractivity contribution is -0.275. The van der Waals surface area contributed by atoms with Crippen LogP contribution in [0.4, 0.5) is 0 Å². The first-order valence-corrected chi connectivity index (χ1v) is 20.3. The number of hydrogen-bond donors (Lipinski definition) is 0. The van der Waals surface area contributed by atoms with E-state index < -0.39 is 30.5 Å². The van der Waals surface area contributed by atoms with Gasteiger partial charge in [-0.1, -0.05) is 164 Å². The molecule has 284 valence electrons. The minimum Gasteiger partial charge on any atom is -0.374 e. The van der Waals surface area contributed by atoms with Gasteiger partial charge in [-0.15, -0.1) is 11.3 Å². The number of hydrogen-bond acceptors (Lipinski definition) is 6. The Morgan fingerprint density at radius 3 is 1.59 bits per heavy atom. The maximum absolute atomic E-state index is 7.22. The zero-order valence-corrected chi connectivity index (χ0v) is 32.6. The number of thiophene rings is 1. The Morgan fingerprint density at radius 1 is 0.500 bits per heavy atom. The van der Waals surface area contributed by atoms with Crippen LogP contribution in [0, 0.1) is 6.92 Å². The highest BCUT2D eigenvalue weighted by Crippen LogP contribution is 2.40. The fourth-order valence-electron chi connectivity index (χ4n) is 7.52. The van der Waals surface area contributed by atoms with E-state index in [0.29, 0.717) is 33.0 Å². The first-order valence-electron chi connectivity index (χ1n) is 19.5. The summed E-state index contributed by atoms with van der Waals surface area (Å²) in [4.78, 5) is 1.37. The van der Waals surface area contributed by atoms with Crippen molar-refractivity contribution < 1.29 is 23.7 Å². The number of rotatable bonds is 16. The molecule has 0 unspecified atom stereocenters. The van der Waals surface area contributed by atoms with Crippen molar-refractivity contribution in [1.82, 2.24) is 0 Å². The fourth-order valence-corrected chi connectivity index (χ4v) is 8.76. The molecule has 0 saturated carbocycles. The third-order valence-corrected chi connectivity index (χ3v) is 11.7. The van der Waals surface area contributed by atoms with Crippen LogP contribution in [0.5, 0.6) is 0 Å². The molecule has 0 bridgehead atoms. The Hall–Kier alpha value is -4.92. The van der Waals surface area contributed by atoms with Crippen molar-refractivity contribution in [3.8, 4) is 0 Å². The number of ether oxygens (including phenoxy) is 5. The molecule has 56 heavy (non-hydrogen) atoms. The van der Waals surface area contributed by atoms with Gasteiger partial charge < -0.3 is 23.7 Å². The molecule has 2 heterocycles. The molecule has 1 saturated heterocycles. The molecular formula is C50H48O5S. The molecule has 0 radical (unpaired) electrons. The van der Waals surface area contributed by atoms with Crippen LogP contribution in [0.2, 0.25) is 0 Å². The topological polar surface area (TPSA) is 46.2 Å².